The van der Waals surface area contributed by atoms with Gasteiger partial charge < -0.3 is 29.9 Å². The first kappa shape index (κ1) is 27.8. The SMILES string of the molecule is CC(C)OC(=O)[C@@H](C)N[P@@](=O)(OC[C@@]1(C)O[C@@H](n2ccc(N)nc2=O)[C@H](O)[C@@H]1O)Oc1ccccc1. The highest BCUT2D eigenvalue weighted by atomic mass is 31.2. The van der Waals surface area contributed by atoms with Crippen LogP contribution in [0.25, 0.3) is 0 Å². The number of aliphatic hydroxyl groups is 2. The number of carbonyl (C=O) groups is 1. The van der Waals surface area contributed by atoms with Crippen LogP contribution in [0.3, 0.4) is 0 Å². The van der Waals surface area contributed by atoms with E-state index in [4.69, 9.17) is 24.3 Å². The molecule has 2 heterocycles. The Labute approximate surface area is 207 Å². The quantitative estimate of drug-likeness (QED) is 0.254. The molecular weight excluding hydrogens is 495 g/mol. The number of carbonyl (C=O) groups excluding carboxylic acids is 1. The average molecular weight is 526 g/mol. The number of benzene rings is 1. The van der Waals surface area contributed by atoms with Crippen molar-refractivity contribution in [2.24, 2.45) is 0 Å². The van der Waals surface area contributed by atoms with Crippen molar-refractivity contribution >= 4 is 19.5 Å². The summed E-state index contributed by atoms with van der Waals surface area (Å²) in [5.41, 5.74) is 3.07. The first-order valence-corrected chi connectivity index (χ1v) is 12.7. The number of aromatic nitrogens is 2. The number of rotatable bonds is 10. The number of nitrogens with zero attached hydrogens (tertiary/aromatic N) is 2. The molecule has 1 aromatic heterocycles. The lowest BCUT2D eigenvalue weighted by Crippen LogP contribution is -2.45. The number of anilines is 1. The van der Waals surface area contributed by atoms with Gasteiger partial charge in [0.05, 0.1) is 12.7 Å². The summed E-state index contributed by atoms with van der Waals surface area (Å²) < 4.78 is 36.7. The Hall–Kier alpha value is -2.80. The molecule has 0 saturated carbocycles. The Balaban J connectivity index is 1.81. The van der Waals surface area contributed by atoms with E-state index in [1.54, 1.807) is 32.0 Å². The molecule has 2 aromatic rings. The lowest BCUT2D eigenvalue weighted by Gasteiger charge is -2.30. The van der Waals surface area contributed by atoms with Crippen molar-refractivity contribution in [3.8, 4) is 5.75 Å². The summed E-state index contributed by atoms with van der Waals surface area (Å²) in [6.45, 7) is 5.62. The lowest BCUT2D eigenvalue weighted by molar-refractivity contribution is -0.149. The zero-order valence-corrected chi connectivity index (χ0v) is 21.2. The average Bonchev–Trinajstić information content (AvgIpc) is 3.02. The number of hydrogen-bond donors (Lipinski definition) is 4. The van der Waals surface area contributed by atoms with Crippen LogP contribution in [-0.4, -0.2) is 62.3 Å². The lowest BCUT2D eigenvalue weighted by atomic mass is 9.99. The topological polar surface area (TPSA) is 184 Å². The van der Waals surface area contributed by atoms with Crippen molar-refractivity contribution in [3.05, 3.63) is 53.1 Å². The van der Waals surface area contributed by atoms with Crippen LogP contribution in [0.5, 0.6) is 5.75 Å². The van der Waals surface area contributed by atoms with Gasteiger partial charge in [0.2, 0.25) is 0 Å². The molecule has 1 fully saturated rings. The Morgan fingerprint density at radius 1 is 1.28 bits per heavy atom. The summed E-state index contributed by atoms with van der Waals surface area (Å²) in [5, 5.41) is 23.8. The number of ether oxygens (including phenoxy) is 2. The van der Waals surface area contributed by atoms with Gasteiger partial charge in [0.1, 0.15) is 35.4 Å². The van der Waals surface area contributed by atoms with Gasteiger partial charge in [-0.25, -0.2) is 9.36 Å². The molecule has 0 radical (unpaired) electrons. The number of aliphatic hydroxyl groups excluding tert-OH is 2. The number of nitrogens with one attached hydrogen (secondary N) is 1. The van der Waals surface area contributed by atoms with Crippen LogP contribution in [0.2, 0.25) is 0 Å². The third-order valence-electron chi connectivity index (χ3n) is 5.30. The highest BCUT2D eigenvalue weighted by Gasteiger charge is 2.53. The number of hydrogen-bond acceptors (Lipinski definition) is 11. The molecule has 14 heteroatoms. The van der Waals surface area contributed by atoms with Crippen molar-refractivity contribution in [3.63, 3.8) is 0 Å². The van der Waals surface area contributed by atoms with E-state index in [9.17, 15) is 24.4 Å². The number of esters is 1. The molecular formula is C22H31N4O9P. The molecule has 1 aliphatic heterocycles. The third kappa shape index (κ3) is 6.49. The molecule has 3 rings (SSSR count). The van der Waals surface area contributed by atoms with Crippen LogP contribution in [0.4, 0.5) is 5.82 Å². The second-order valence-electron chi connectivity index (χ2n) is 8.81. The minimum Gasteiger partial charge on any atom is -0.462 e. The standard InChI is InChI=1S/C22H31N4O9P/c1-13(2)33-20(29)14(3)25-36(31,35-15-8-6-5-7-9-15)32-12-22(4)18(28)17(27)19(34-22)26-11-10-16(23)24-21(26)30/h5-11,13-14,17-19,27-28H,12H2,1-4H3,(H,25,31)(H2,23,24,30)/t14-,17-,18+,19-,22-,36-/m1/s1. The van der Waals surface area contributed by atoms with Crippen LogP contribution < -0.4 is 21.0 Å². The van der Waals surface area contributed by atoms with Gasteiger partial charge in [-0.1, -0.05) is 18.2 Å². The predicted molar refractivity (Wildman–Crippen MR) is 128 cm³/mol. The van der Waals surface area contributed by atoms with Gasteiger partial charge in [-0.2, -0.15) is 10.1 Å². The van der Waals surface area contributed by atoms with E-state index in [-0.39, 0.29) is 11.6 Å². The molecule has 36 heavy (non-hydrogen) atoms. The van der Waals surface area contributed by atoms with E-state index in [1.807, 2.05) is 0 Å². The van der Waals surface area contributed by atoms with Gasteiger partial charge in [-0.15, -0.1) is 0 Å². The van der Waals surface area contributed by atoms with Gasteiger partial charge in [0, 0.05) is 6.20 Å². The Morgan fingerprint density at radius 2 is 1.94 bits per heavy atom. The number of nitrogen functional groups attached to an aromatic ring is 1. The Kier molecular flexibility index (Phi) is 8.55. The molecule has 5 N–H and O–H groups in total. The van der Waals surface area contributed by atoms with E-state index in [2.05, 4.69) is 10.1 Å². The van der Waals surface area contributed by atoms with Crippen molar-refractivity contribution in [1.29, 1.82) is 0 Å². The van der Waals surface area contributed by atoms with Crippen LogP contribution in [0.15, 0.2) is 47.4 Å². The normalized spacial score (nSPS) is 26.4. The van der Waals surface area contributed by atoms with Gasteiger partial charge in [0.15, 0.2) is 6.23 Å². The van der Waals surface area contributed by atoms with E-state index >= 15 is 0 Å². The summed E-state index contributed by atoms with van der Waals surface area (Å²) in [5.74, 6) is -0.515. The smallest absolute Gasteiger partial charge is 0.459 e. The van der Waals surface area contributed by atoms with Crippen LogP contribution >= 0.6 is 7.75 Å². The fourth-order valence-corrected chi connectivity index (χ4v) is 5.03. The first-order valence-electron chi connectivity index (χ1n) is 11.2. The van der Waals surface area contributed by atoms with E-state index in [1.165, 1.54) is 38.2 Å². The van der Waals surface area contributed by atoms with Crippen LogP contribution in [0.1, 0.15) is 33.9 Å². The highest BCUT2D eigenvalue weighted by Crippen LogP contribution is 2.47. The molecule has 198 valence electrons. The summed E-state index contributed by atoms with van der Waals surface area (Å²) in [4.78, 5) is 28.1. The van der Waals surface area contributed by atoms with E-state index in [0.29, 0.717) is 0 Å². The van der Waals surface area contributed by atoms with Crippen molar-refractivity contribution in [1.82, 2.24) is 14.6 Å². The van der Waals surface area contributed by atoms with Gasteiger partial charge in [-0.3, -0.25) is 13.9 Å². The zero-order valence-electron chi connectivity index (χ0n) is 20.3. The van der Waals surface area contributed by atoms with Gasteiger partial charge in [-0.05, 0) is 45.9 Å². The van der Waals surface area contributed by atoms with Crippen molar-refractivity contribution in [2.45, 2.75) is 63.9 Å². The summed E-state index contributed by atoms with van der Waals surface area (Å²) >= 11 is 0. The van der Waals surface area contributed by atoms with Crippen LogP contribution in [0, 0.1) is 0 Å². The first-order chi connectivity index (χ1) is 16.8. The summed E-state index contributed by atoms with van der Waals surface area (Å²) in [6.07, 6.45) is -3.56. The number of nitrogens with two attached hydrogens (primary N) is 1. The second kappa shape index (κ2) is 11.1. The highest BCUT2D eigenvalue weighted by molar-refractivity contribution is 7.52. The van der Waals surface area contributed by atoms with E-state index < -0.39 is 62.2 Å². The summed E-state index contributed by atoms with van der Waals surface area (Å²) in [7, 11) is -4.26. The molecule has 0 amide bonds. The molecule has 0 unspecified atom stereocenters. The maximum Gasteiger partial charge on any atom is 0.459 e. The van der Waals surface area contributed by atoms with Gasteiger partial charge >= 0.3 is 19.4 Å². The predicted octanol–water partition coefficient (Wildman–Crippen LogP) is 0.968. The van der Waals surface area contributed by atoms with Crippen molar-refractivity contribution < 1.29 is 38.1 Å². The molecule has 1 saturated heterocycles. The molecule has 6 atom stereocenters. The summed E-state index contributed by atoms with van der Waals surface area (Å²) in [6, 6.07) is 8.37. The third-order valence-corrected chi connectivity index (χ3v) is 6.93. The Bertz CT molecular complexity index is 1160. The molecule has 1 aromatic carbocycles. The van der Waals surface area contributed by atoms with E-state index in [0.717, 1.165) is 4.57 Å². The molecule has 0 bridgehead atoms. The monoisotopic (exact) mass is 526 g/mol. The number of para-hydroxylation sites is 1. The largest absolute Gasteiger partial charge is 0.462 e. The molecule has 0 aliphatic carbocycles. The Morgan fingerprint density at radius 3 is 2.56 bits per heavy atom. The maximum absolute atomic E-state index is 13.7. The fraction of sp³-hybridized carbons (Fsp3) is 0.500. The molecule has 13 nitrogen and oxygen atoms in total. The minimum absolute atomic E-state index is 0.0226. The van der Waals surface area contributed by atoms with Crippen LogP contribution in [-0.2, 0) is 23.4 Å². The zero-order chi connectivity index (χ0) is 26.7. The fourth-order valence-electron chi connectivity index (χ4n) is 3.44. The maximum atomic E-state index is 13.7. The molecule has 0 spiro atoms. The molecule has 1 aliphatic rings. The minimum atomic E-state index is -4.26. The van der Waals surface area contributed by atoms with Crippen molar-refractivity contribution in [2.75, 3.05) is 12.3 Å². The second-order valence-corrected chi connectivity index (χ2v) is 10.5. The van der Waals surface area contributed by atoms with Gasteiger partial charge in [0.25, 0.3) is 0 Å².